The Morgan fingerprint density at radius 3 is 2.90 bits per heavy atom. The quantitative estimate of drug-likeness (QED) is 0.790. The molecule has 0 radical (unpaired) electrons. The number of hydrogen-bond donors (Lipinski definition) is 1. The maximum absolute atomic E-state index is 9.25. The molecule has 56 valence electrons. The van der Waals surface area contributed by atoms with E-state index in [2.05, 4.69) is 15.9 Å². The zero-order valence-electron chi connectivity index (χ0n) is 5.05. The molecule has 1 aromatic rings. The van der Waals surface area contributed by atoms with Gasteiger partial charge in [-0.1, -0.05) is 27.5 Å². The van der Waals surface area contributed by atoms with Crippen molar-refractivity contribution in [2.45, 2.75) is 6.10 Å². The van der Waals surface area contributed by atoms with E-state index in [9.17, 15) is 5.11 Å². The number of aliphatic hydroxyl groups excluding tert-OH is 1. The lowest BCUT2D eigenvalue weighted by Gasteiger charge is -2.00. The summed E-state index contributed by atoms with van der Waals surface area (Å²) in [6.45, 7) is 0. The molecule has 1 heterocycles. The van der Waals surface area contributed by atoms with Crippen molar-refractivity contribution in [2.24, 2.45) is 0 Å². The van der Waals surface area contributed by atoms with E-state index < -0.39 is 6.10 Å². The number of alkyl halides is 1. The van der Waals surface area contributed by atoms with Gasteiger partial charge in [-0.05, 0) is 6.07 Å². The molecular formula is C6H6BrClOS. The molecule has 1 aromatic heterocycles. The first-order chi connectivity index (χ1) is 4.74. The third kappa shape index (κ3) is 1.95. The smallest absolute Gasteiger partial charge is 0.0978 e. The number of halogens is 2. The lowest BCUT2D eigenvalue weighted by Crippen LogP contribution is -1.93. The summed E-state index contributed by atoms with van der Waals surface area (Å²) in [5.74, 6) is 0. The second-order valence-electron chi connectivity index (χ2n) is 1.84. The fraction of sp³-hybridized carbons (Fsp3) is 0.333. The maximum atomic E-state index is 9.25. The number of rotatable bonds is 2. The summed E-state index contributed by atoms with van der Waals surface area (Å²) in [7, 11) is 0. The lowest BCUT2D eigenvalue weighted by atomic mass is 10.3. The van der Waals surface area contributed by atoms with E-state index in [0.717, 1.165) is 4.88 Å². The van der Waals surface area contributed by atoms with Crippen molar-refractivity contribution in [3.63, 3.8) is 0 Å². The summed E-state index contributed by atoms with van der Waals surface area (Å²) >= 11 is 10.3. The van der Waals surface area contributed by atoms with E-state index in [1.165, 1.54) is 11.3 Å². The lowest BCUT2D eigenvalue weighted by molar-refractivity contribution is 0.209. The van der Waals surface area contributed by atoms with Gasteiger partial charge < -0.3 is 5.11 Å². The van der Waals surface area contributed by atoms with E-state index in [4.69, 9.17) is 11.6 Å². The van der Waals surface area contributed by atoms with Crippen molar-refractivity contribution < 1.29 is 5.11 Å². The fourth-order valence-electron chi connectivity index (χ4n) is 0.579. The van der Waals surface area contributed by atoms with Crippen LogP contribution in [0.1, 0.15) is 11.0 Å². The first kappa shape index (κ1) is 8.53. The molecule has 10 heavy (non-hydrogen) atoms. The molecule has 0 spiro atoms. The largest absolute Gasteiger partial charge is 0.387 e. The average Bonchev–Trinajstić information content (AvgIpc) is 2.34. The number of thiophene rings is 1. The molecule has 1 unspecified atom stereocenters. The molecule has 4 heteroatoms. The zero-order valence-corrected chi connectivity index (χ0v) is 8.21. The van der Waals surface area contributed by atoms with Gasteiger partial charge in [0.1, 0.15) is 0 Å². The highest BCUT2D eigenvalue weighted by Gasteiger charge is 2.06. The van der Waals surface area contributed by atoms with Gasteiger partial charge in [-0.25, -0.2) is 0 Å². The Bertz CT molecular complexity index is 213. The fourth-order valence-corrected chi connectivity index (χ4v) is 2.21. The highest BCUT2D eigenvalue weighted by Crippen LogP contribution is 2.25. The SMILES string of the molecule is OC(CBr)c1cc(Cl)cs1. The second kappa shape index (κ2) is 3.72. The minimum absolute atomic E-state index is 0.419. The van der Waals surface area contributed by atoms with Crippen LogP contribution in [0, 0.1) is 0 Å². The summed E-state index contributed by atoms with van der Waals surface area (Å²) in [5.41, 5.74) is 0. The molecule has 1 atom stereocenters. The van der Waals surface area contributed by atoms with Gasteiger partial charge in [-0.2, -0.15) is 0 Å². The Hall–Kier alpha value is 0.430. The molecule has 0 fully saturated rings. The van der Waals surface area contributed by atoms with Crippen LogP contribution in [0.2, 0.25) is 5.02 Å². The monoisotopic (exact) mass is 240 g/mol. The Morgan fingerprint density at radius 2 is 2.50 bits per heavy atom. The van der Waals surface area contributed by atoms with Crippen molar-refractivity contribution in [3.05, 3.63) is 21.3 Å². The van der Waals surface area contributed by atoms with Crippen LogP contribution < -0.4 is 0 Å². The molecule has 1 nitrogen and oxygen atoms in total. The molecule has 0 aromatic carbocycles. The predicted octanol–water partition coefficient (Wildman–Crippen LogP) is 2.83. The van der Waals surface area contributed by atoms with Crippen LogP contribution in [0.3, 0.4) is 0 Å². The zero-order chi connectivity index (χ0) is 7.56. The summed E-state index contributed by atoms with van der Waals surface area (Å²) in [5, 5.41) is 12.3. The Kier molecular flexibility index (Phi) is 3.17. The van der Waals surface area contributed by atoms with Crippen LogP contribution in [0.4, 0.5) is 0 Å². The molecule has 0 amide bonds. The van der Waals surface area contributed by atoms with Gasteiger partial charge in [0.2, 0.25) is 0 Å². The molecule has 0 saturated heterocycles. The minimum atomic E-state index is -0.419. The van der Waals surface area contributed by atoms with Crippen LogP contribution in [0.15, 0.2) is 11.4 Å². The second-order valence-corrected chi connectivity index (χ2v) is 3.86. The molecule has 0 aliphatic rings. The van der Waals surface area contributed by atoms with Gasteiger partial charge in [-0.3, -0.25) is 0 Å². The van der Waals surface area contributed by atoms with Crippen LogP contribution in [0.5, 0.6) is 0 Å². The van der Waals surface area contributed by atoms with E-state index in [1.807, 2.05) is 5.38 Å². The summed E-state index contributed by atoms with van der Waals surface area (Å²) in [6.07, 6.45) is -0.419. The van der Waals surface area contributed by atoms with Gasteiger partial charge in [0, 0.05) is 15.6 Å². The molecule has 0 aliphatic carbocycles. The molecular weight excluding hydrogens is 235 g/mol. The third-order valence-electron chi connectivity index (χ3n) is 1.06. The highest BCUT2D eigenvalue weighted by atomic mass is 79.9. The number of aliphatic hydroxyl groups is 1. The van der Waals surface area contributed by atoms with Crippen molar-refractivity contribution in [2.75, 3.05) is 5.33 Å². The first-order valence-electron chi connectivity index (χ1n) is 2.72. The van der Waals surface area contributed by atoms with E-state index in [1.54, 1.807) is 6.07 Å². The van der Waals surface area contributed by atoms with Crippen molar-refractivity contribution in [3.8, 4) is 0 Å². The maximum Gasteiger partial charge on any atom is 0.0978 e. The topological polar surface area (TPSA) is 20.2 Å². The van der Waals surface area contributed by atoms with Gasteiger partial charge in [0.25, 0.3) is 0 Å². The first-order valence-corrected chi connectivity index (χ1v) is 5.10. The van der Waals surface area contributed by atoms with Gasteiger partial charge in [0.15, 0.2) is 0 Å². The highest BCUT2D eigenvalue weighted by molar-refractivity contribution is 9.09. The van der Waals surface area contributed by atoms with Crippen molar-refractivity contribution in [1.82, 2.24) is 0 Å². The summed E-state index contributed by atoms with van der Waals surface area (Å²) in [4.78, 5) is 0.905. The molecule has 0 aliphatic heterocycles. The van der Waals surface area contributed by atoms with Crippen LogP contribution in [-0.4, -0.2) is 10.4 Å². The normalized spacial score (nSPS) is 13.5. The van der Waals surface area contributed by atoms with Gasteiger partial charge in [0.05, 0.1) is 11.1 Å². The number of hydrogen-bond acceptors (Lipinski definition) is 2. The molecule has 0 saturated carbocycles. The predicted molar refractivity (Wildman–Crippen MR) is 48.1 cm³/mol. The Labute approximate surface area is 76.8 Å². The van der Waals surface area contributed by atoms with Crippen LogP contribution in [-0.2, 0) is 0 Å². The van der Waals surface area contributed by atoms with E-state index >= 15 is 0 Å². The summed E-state index contributed by atoms with van der Waals surface area (Å²) in [6, 6.07) is 1.78. The third-order valence-corrected chi connectivity index (χ3v) is 3.06. The minimum Gasteiger partial charge on any atom is -0.387 e. The molecule has 0 bridgehead atoms. The van der Waals surface area contributed by atoms with Gasteiger partial charge >= 0.3 is 0 Å². The van der Waals surface area contributed by atoms with Gasteiger partial charge in [-0.15, -0.1) is 11.3 Å². The standard InChI is InChI=1S/C6H6BrClOS/c7-2-5(9)6-1-4(8)3-10-6/h1,3,5,9H,2H2. The van der Waals surface area contributed by atoms with Crippen molar-refractivity contribution in [1.29, 1.82) is 0 Å². The van der Waals surface area contributed by atoms with Crippen molar-refractivity contribution >= 4 is 38.9 Å². The molecule has 1 N–H and O–H groups in total. The van der Waals surface area contributed by atoms with E-state index in [0.29, 0.717) is 10.4 Å². The Balaban J connectivity index is 2.74. The Morgan fingerprint density at radius 1 is 1.80 bits per heavy atom. The molecule has 1 rings (SSSR count). The average molecular weight is 242 g/mol. The van der Waals surface area contributed by atoms with E-state index in [-0.39, 0.29) is 0 Å². The summed E-state index contributed by atoms with van der Waals surface area (Å²) < 4.78 is 0. The van der Waals surface area contributed by atoms with Crippen LogP contribution in [0.25, 0.3) is 0 Å². The van der Waals surface area contributed by atoms with Crippen LogP contribution >= 0.6 is 38.9 Å².